The molecular formula is C22H30BrNO. The fourth-order valence-corrected chi connectivity index (χ4v) is 3.86. The lowest BCUT2D eigenvalue weighted by atomic mass is 9.68. The quantitative estimate of drug-likeness (QED) is 0.686. The van der Waals surface area contributed by atoms with Crippen LogP contribution in [0, 0.1) is 5.92 Å². The first-order chi connectivity index (χ1) is 11.6. The van der Waals surface area contributed by atoms with Gasteiger partial charge in [0.1, 0.15) is 5.75 Å². The summed E-state index contributed by atoms with van der Waals surface area (Å²) in [6, 6.07) is 19.4. The van der Waals surface area contributed by atoms with E-state index in [1.54, 1.807) is 7.11 Å². The summed E-state index contributed by atoms with van der Waals surface area (Å²) in [7, 11) is 1.75. The lowest BCUT2D eigenvalue weighted by molar-refractivity contribution is 0.112. The third-order valence-corrected chi connectivity index (χ3v) is 5.86. The zero-order valence-electron chi connectivity index (χ0n) is 15.6. The molecule has 136 valence electrons. The van der Waals surface area contributed by atoms with Crippen LogP contribution >= 0.6 is 17.0 Å². The van der Waals surface area contributed by atoms with Crippen molar-refractivity contribution in [2.75, 3.05) is 26.7 Å². The standard InChI is InChI=1S/C22H29NO.BrH/c1-18-17-23(14-12-19-8-5-4-6-9-19)15-13-22(18,2)20-10-7-11-21(16-20)24-3;/h4-11,16,18H,12-15,17H2,1-3H3;1H. The van der Waals surface area contributed by atoms with E-state index in [4.69, 9.17) is 4.74 Å². The Morgan fingerprint density at radius 1 is 1.12 bits per heavy atom. The summed E-state index contributed by atoms with van der Waals surface area (Å²) in [6.45, 7) is 8.31. The largest absolute Gasteiger partial charge is 0.497 e. The topological polar surface area (TPSA) is 12.5 Å². The Balaban J connectivity index is 0.00000225. The molecule has 1 aliphatic rings. The molecule has 2 unspecified atom stereocenters. The second-order valence-electron chi connectivity index (χ2n) is 7.34. The van der Waals surface area contributed by atoms with E-state index in [1.807, 2.05) is 6.07 Å². The molecule has 1 saturated heterocycles. The Morgan fingerprint density at radius 2 is 1.88 bits per heavy atom. The minimum Gasteiger partial charge on any atom is -0.497 e. The van der Waals surface area contributed by atoms with Crippen molar-refractivity contribution in [3.8, 4) is 5.75 Å². The van der Waals surface area contributed by atoms with E-state index < -0.39 is 0 Å². The van der Waals surface area contributed by atoms with Crippen molar-refractivity contribution in [1.29, 1.82) is 0 Å². The highest BCUT2D eigenvalue weighted by molar-refractivity contribution is 8.93. The number of benzene rings is 2. The van der Waals surface area contributed by atoms with Crippen molar-refractivity contribution in [2.45, 2.75) is 32.1 Å². The smallest absolute Gasteiger partial charge is 0.119 e. The minimum atomic E-state index is 0. The fraction of sp³-hybridized carbons (Fsp3) is 0.455. The maximum atomic E-state index is 5.42. The lowest BCUT2D eigenvalue weighted by Gasteiger charge is -2.45. The molecule has 0 radical (unpaired) electrons. The van der Waals surface area contributed by atoms with Crippen molar-refractivity contribution < 1.29 is 4.74 Å². The van der Waals surface area contributed by atoms with Crippen molar-refractivity contribution in [3.05, 3.63) is 65.7 Å². The van der Waals surface area contributed by atoms with Gasteiger partial charge in [-0.3, -0.25) is 0 Å². The molecule has 2 aromatic carbocycles. The van der Waals surface area contributed by atoms with Crippen LogP contribution in [0.25, 0.3) is 0 Å². The predicted molar refractivity (Wildman–Crippen MR) is 111 cm³/mol. The summed E-state index contributed by atoms with van der Waals surface area (Å²) in [5, 5.41) is 0. The normalized spacial score (nSPS) is 23.7. The summed E-state index contributed by atoms with van der Waals surface area (Å²) in [4.78, 5) is 2.62. The van der Waals surface area contributed by atoms with Crippen LogP contribution in [-0.2, 0) is 11.8 Å². The first-order valence-corrected chi connectivity index (χ1v) is 9.02. The average molecular weight is 404 g/mol. The van der Waals surface area contributed by atoms with Gasteiger partial charge in [0.05, 0.1) is 7.11 Å². The van der Waals surface area contributed by atoms with Crippen molar-refractivity contribution in [1.82, 2.24) is 4.90 Å². The Kier molecular flexibility index (Phi) is 7.09. The number of hydrogen-bond donors (Lipinski definition) is 0. The maximum absolute atomic E-state index is 5.42. The monoisotopic (exact) mass is 403 g/mol. The van der Waals surface area contributed by atoms with Gasteiger partial charge in [-0.05, 0) is 54.0 Å². The molecule has 0 bridgehead atoms. The van der Waals surface area contributed by atoms with Gasteiger partial charge in [0, 0.05) is 13.1 Å². The number of halogens is 1. The molecule has 2 atom stereocenters. The number of rotatable bonds is 5. The number of nitrogens with zero attached hydrogens (tertiary/aromatic N) is 1. The molecule has 1 fully saturated rings. The van der Waals surface area contributed by atoms with Gasteiger partial charge in [-0.15, -0.1) is 17.0 Å². The van der Waals surface area contributed by atoms with Crippen molar-refractivity contribution >= 4 is 17.0 Å². The summed E-state index contributed by atoms with van der Waals surface area (Å²) in [5.41, 5.74) is 3.08. The van der Waals surface area contributed by atoms with E-state index in [2.05, 4.69) is 67.3 Å². The van der Waals surface area contributed by atoms with Crippen LogP contribution in [-0.4, -0.2) is 31.6 Å². The summed E-state index contributed by atoms with van der Waals surface area (Å²) in [5.74, 6) is 1.60. The van der Waals surface area contributed by atoms with Gasteiger partial charge in [0.15, 0.2) is 0 Å². The van der Waals surface area contributed by atoms with Crippen LogP contribution in [0.2, 0.25) is 0 Å². The maximum Gasteiger partial charge on any atom is 0.119 e. The van der Waals surface area contributed by atoms with Crippen LogP contribution in [0.3, 0.4) is 0 Å². The zero-order valence-corrected chi connectivity index (χ0v) is 17.3. The minimum absolute atomic E-state index is 0. The lowest BCUT2D eigenvalue weighted by Crippen LogP contribution is -2.47. The SMILES string of the molecule is Br.COc1cccc(C2(C)CCN(CCc3ccccc3)CC2C)c1. The van der Waals surface area contributed by atoms with Crippen LogP contribution < -0.4 is 4.74 Å². The Bertz CT molecular complexity index is 660. The molecule has 2 nitrogen and oxygen atoms in total. The Hall–Kier alpha value is -1.32. The highest BCUT2D eigenvalue weighted by atomic mass is 79.9. The van der Waals surface area contributed by atoms with Crippen LogP contribution in [0.15, 0.2) is 54.6 Å². The first-order valence-electron chi connectivity index (χ1n) is 9.02. The van der Waals surface area contributed by atoms with Gasteiger partial charge < -0.3 is 9.64 Å². The second kappa shape index (κ2) is 8.86. The molecule has 0 N–H and O–H groups in total. The van der Waals surface area contributed by atoms with E-state index in [1.165, 1.54) is 30.6 Å². The van der Waals surface area contributed by atoms with Crippen LogP contribution in [0.1, 0.15) is 31.4 Å². The molecule has 25 heavy (non-hydrogen) atoms. The van der Waals surface area contributed by atoms with Gasteiger partial charge in [-0.2, -0.15) is 0 Å². The van der Waals surface area contributed by atoms with Crippen molar-refractivity contribution in [2.24, 2.45) is 5.92 Å². The number of methoxy groups -OCH3 is 1. The Morgan fingerprint density at radius 3 is 2.56 bits per heavy atom. The second-order valence-corrected chi connectivity index (χ2v) is 7.34. The van der Waals surface area contributed by atoms with Gasteiger partial charge in [-0.25, -0.2) is 0 Å². The number of ether oxygens (including phenoxy) is 1. The third-order valence-electron chi connectivity index (χ3n) is 5.86. The van der Waals surface area contributed by atoms with Gasteiger partial charge >= 0.3 is 0 Å². The number of likely N-dealkylation sites (tertiary alicyclic amines) is 1. The molecular weight excluding hydrogens is 374 g/mol. The number of hydrogen-bond acceptors (Lipinski definition) is 2. The molecule has 0 amide bonds. The molecule has 0 aliphatic carbocycles. The first kappa shape index (κ1) is 20.0. The van der Waals surface area contributed by atoms with Crippen LogP contribution in [0.5, 0.6) is 5.75 Å². The van der Waals surface area contributed by atoms with E-state index >= 15 is 0 Å². The van der Waals surface area contributed by atoms with Gasteiger partial charge in [-0.1, -0.05) is 56.3 Å². The highest BCUT2D eigenvalue weighted by Gasteiger charge is 2.37. The van der Waals surface area contributed by atoms with E-state index in [-0.39, 0.29) is 22.4 Å². The molecule has 1 heterocycles. The third kappa shape index (κ3) is 4.65. The molecule has 2 aromatic rings. The Labute approximate surface area is 163 Å². The summed E-state index contributed by atoms with van der Waals surface area (Å²) in [6.07, 6.45) is 2.35. The van der Waals surface area contributed by atoms with Crippen LogP contribution in [0.4, 0.5) is 0 Å². The molecule has 3 rings (SSSR count). The van der Waals surface area contributed by atoms with E-state index in [9.17, 15) is 0 Å². The summed E-state index contributed by atoms with van der Waals surface area (Å²) >= 11 is 0. The number of piperidine rings is 1. The molecule has 3 heteroatoms. The summed E-state index contributed by atoms with van der Waals surface area (Å²) < 4.78 is 5.42. The predicted octanol–water partition coefficient (Wildman–Crippen LogP) is 5.12. The van der Waals surface area contributed by atoms with E-state index in [0.29, 0.717) is 5.92 Å². The average Bonchev–Trinajstić information content (AvgIpc) is 2.63. The molecule has 0 spiro atoms. The molecule has 1 aliphatic heterocycles. The zero-order chi connectivity index (χ0) is 17.0. The van der Waals surface area contributed by atoms with Gasteiger partial charge in [0.25, 0.3) is 0 Å². The molecule has 0 aromatic heterocycles. The highest BCUT2D eigenvalue weighted by Crippen LogP contribution is 2.40. The van der Waals surface area contributed by atoms with Gasteiger partial charge in [0.2, 0.25) is 0 Å². The van der Waals surface area contributed by atoms with E-state index in [0.717, 1.165) is 18.7 Å². The van der Waals surface area contributed by atoms with Crippen molar-refractivity contribution in [3.63, 3.8) is 0 Å². The fourth-order valence-electron chi connectivity index (χ4n) is 3.86. The molecule has 0 saturated carbocycles.